The van der Waals surface area contributed by atoms with Crippen LogP contribution in [0.5, 0.6) is 0 Å². The van der Waals surface area contributed by atoms with E-state index in [1.165, 1.54) is 6.07 Å². The van der Waals surface area contributed by atoms with E-state index in [0.717, 1.165) is 5.69 Å². The van der Waals surface area contributed by atoms with Crippen molar-refractivity contribution in [3.8, 4) is 11.4 Å². The highest BCUT2D eigenvalue weighted by Gasteiger charge is 2.11. The van der Waals surface area contributed by atoms with E-state index in [2.05, 4.69) is 15.5 Å². The molecule has 19 heavy (non-hydrogen) atoms. The van der Waals surface area contributed by atoms with Crippen LogP contribution in [0, 0.1) is 5.82 Å². The normalized spacial score (nSPS) is 10.4. The van der Waals surface area contributed by atoms with Crippen molar-refractivity contribution < 1.29 is 8.91 Å². The van der Waals surface area contributed by atoms with E-state index in [1.54, 1.807) is 18.2 Å². The standard InChI is InChI=1S/C14H10FN3O/c15-12-9-5-4-8-11(12)13-17-14(19-18-13)16-10-6-2-1-3-7-10/h1-9H,(H,16,17,18). The van der Waals surface area contributed by atoms with E-state index in [4.69, 9.17) is 4.52 Å². The molecule has 0 unspecified atom stereocenters. The highest BCUT2D eigenvalue weighted by Crippen LogP contribution is 2.22. The molecule has 1 aromatic heterocycles. The molecule has 5 heteroatoms. The Morgan fingerprint density at radius 1 is 0.947 bits per heavy atom. The predicted molar refractivity (Wildman–Crippen MR) is 69.4 cm³/mol. The first-order chi connectivity index (χ1) is 9.33. The molecule has 0 spiro atoms. The number of halogens is 1. The second-order valence-corrected chi connectivity index (χ2v) is 3.89. The summed E-state index contributed by atoms with van der Waals surface area (Å²) in [7, 11) is 0. The Labute approximate surface area is 108 Å². The Morgan fingerprint density at radius 3 is 2.47 bits per heavy atom. The van der Waals surface area contributed by atoms with Gasteiger partial charge in [0.05, 0.1) is 5.56 Å². The summed E-state index contributed by atoms with van der Waals surface area (Å²) in [6, 6.07) is 15.9. The quantitative estimate of drug-likeness (QED) is 0.776. The van der Waals surface area contributed by atoms with Crippen LogP contribution in [-0.2, 0) is 0 Å². The summed E-state index contributed by atoms with van der Waals surface area (Å²) in [5.74, 6) is -0.161. The van der Waals surface area contributed by atoms with Crippen molar-refractivity contribution in [3.05, 3.63) is 60.4 Å². The van der Waals surface area contributed by atoms with Gasteiger partial charge in [-0.25, -0.2) is 4.39 Å². The highest BCUT2D eigenvalue weighted by molar-refractivity contribution is 5.58. The molecule has 0 aliphatic rings. The summed E-state index contributed by atoms with van der Waals surface area (Å²) in [5, 5.41) is 6.71. The average molecular weight is 255 g/mol. The maximum atomic E-state index is 13.6. The van der Waals surface area contributed by atoms with E-state index in [9.17, 15) is 4.39 Å². The second kappa shape index (κ2) is 4.89. The summed E-state index contributed by atoms with van der Waals surface area (Å²) in [6.45, 7) is 0. The molecule has 0 aliphatic heterocycles. The number of nitrogens with one attached hydrogen (secondary N) is 1. The molecule has 0 fully saturated rings. The van der Waals surface area contributed by atoms with Gasteiger partial charge in [0.15, 0.2) is 0 Å². The SMILES string of the molecule is Fc1ccccc1-c1noc(Nc2ccccc2)n1. The van der Waals surface area contributed by atoms with Crippen LogP contribution in [0.4, 0.5) is 16.1 Å². The summed E-state index contributed by atoms with van der Waals surface area (Å²) in [6.07, 6.45) is 0. The fraction of sp³-hybridized carbons (Fsp3) is 0. The Morgan fingerprint density at radius 2 is 1.68 bits per heavy atom. The van der Waals surface area contributed by atoms with Gasteiger partial charge in [0.2, 0.25) is 5.82 Å². The molecule has 3 aromatic rings. The van der Waals surface area contributed by atoms with Gasteiger partial charge in [0.25, 0.3) is 0 Å². The lowest BCUT2D eigenvalue weighted by atomic mass is 10.2. The smallest absolute Gasteiger partial charge is 0.315 e. The number of hydrogen-bond acceptors (Lipinski definition) is 4. The minimum Gasteiger partial charge on any atom is -0.315 e. The number of anilines is 2. The Bertz CT molecular complexity index is 682. The van der Waals surface area contributed by atoms with Crippen molar-refractivity contribution in [2.75, 3.05) is 5.32 Å². The number of rotatable bonds is 3. The van der Waals surface area contributed by atoms with Gasteiger partial charge in [-0.1, -0.05) is 35.5 Å². The fourth-order valence-corrected chi connectivity index (χ4v) is 1.67. The molecule has 1 heterocycles. The first kappa shape index (κ1) is 11.4. The number of aromatic nitrogens is 2. The number of nitrogens with zero attached hydrogens (tertiary/aromatic N) is 2. The maximum absolute atomic E-state index is 13.6. The maximum Gasteiger partial charge on any atom is 0.326 e. The highest BCUT2D eigenvalue weighted by atomic mass is 19.1. The molecule has 0 atom stereocenters. The van der Waals surface area contributed by atoms with Crippen molar-refractivity contribution in [2.24, 2.45) is 0 Å². The van der Waals surface area contributed by atoms with Crippen LogP contribution in [0.2, 0.25) is 0 Å². The number of para-hydroxylation sites is 1. The molecular formula is C14H10FN3O. The average Bonchev–Trinajstić information content (AvgIpc) is 2.89. The second-order valence-electron chi connectivity index (χ2n) is 3.89. The Balaban J connectivity index is 1.86. The van der Waals surface area contributed by atoms with Crippen LogP contribution in [0.25, 0.3) is 11.4 Å². The lowest BCUT2D eigenvalue weighted by Gasteiger charge is -1.98. The summed E-state index contributed by atoms with van der Waals surface area (Å²) >= 11 is 0. The summed E-state index contributed by atoms with van der Waals surface area (Å²) < 4.78 is 18.6. The largest absolute Gasteiger partial charge is 0.326 e. The predicted octanol–water partition coefficient (Wildman–Crippen LogP) is 3.62. The van der Waals surface area contributed by atoms with E-state index < -0.39 is 0 Å². The van der Waals surface area contributed by atoms with Crippen LogP contribution in [-0.4, -0.2) is 10.1 Å². The van der Waals surface area contributed by atoms with Crippen LogP contribution < -0.4 is 5.32 Å². The van der Waals surface area contributed by atoms with Crippen molar-refractivity contribution in [1.29, 1.82) is 0 Å². The van der Waals surface area contributed by atoms with Crippen molar-refractivity contribution in [1.82, 2.24) is 10.1 Å². The van der Waals surface area contributed by atoms with Gasteiger partial charge in [-0.2, -0.15) is 4.98 Å². The molecule has 0 bridgehead atoms. The number of benzene rings is 2. The van der Waals surface area contributed by atoms with Crippen molar-refractivity contribution in [2.45, 2.75) is 0 Å². The lowest BCUT2D eigenvalue weighted by Crippen LogP contribution is -1.90. The van der Waals surface area contributed by atoms with Crippen molar-refractivity contribution in [3.63, 3.8) is 0 Å². The van der Waals surface area contributed by atoms with Gasteiger partial charge in [0.1, 0.15) is 5.82 Å². The molecular weight excluding hydrogens is 245 g/mol. The third kappa shape index (κ3) is 2.44. The molecule has 94 valence electrons. The van der Waals surface area contributed by atoms with Crippen LogP contribution >= 0.6 is 0 Å². The van der Waals surface area contributed by atoms with Crippen molar-refractivity contribution >= 4 is 11.7 Å². The van der Waals surface area contributed by atoms with Crippen LogP contribution in [0.15, 0.2) is 59.1 Å². The fourth-order valence-electron chi connectivity index (χ4n) is 1.67. The summed E-state index contributed by atoms with van der Waals surface area (Å²) in [5.41, 5.74) is 1.14. The van der Waals surface area contributed by atoms with Crippen LogP contribution in [0.1, 0.15) is 0 Å². The zero-order chi connectivity index (χ0) is 13.1. The monoisotopic (exact) mass is 255 g/mol. The van der Waals surface area contributed by atoms with Crippen LogP contribution in [0.3, 0.4) is 0 Å². The van der Waals surface area contributed by atoms with E-state index in [-0.39, 0.29) is 17.7 Å². The summed E-state index contributed by atoms with van der Waals surface area (Å²) in [4.78, 5) is 4.11. The zero-order valence-electron chi connectivity index (χ0n) is 9.88. The zero-order valence-corrected chi connectivity index (χ0v) is 9.88. The van der Waals surface area contributed by atoms with Gasteiger partial charge in [-0.15, -0.1) is 0 Å². The van der Waals surface area contributed by atoms with Gasteiger partial charge < -0.3 is 9.84 Å². The molecule has 0 saturated carbocycles. The molecule has 0 amide bonds. The third-order valence-corrected chi connectivity index (χ3v) is 2.57. The van der Waals surface area contributed by atoms with Gasteiger partial charge in [-0.05, 0) is 24.3 Å². The topological polar surface area (TPSA) is 51.0 Å². The number of hydrogen-bond donors (Lipinski definition) is 1. The first-order valence-corrected chi connectivity index (χ1v) is 5.73. The minimum absolute atomic E-state index is 0.219. The molecule has 0 aliphatic carbocycles. The lowest BCUT2D eigenvalue weighted by molar-refractivity contribution is 0.435. The molecule has 3 rings (SSSR count). The van der Waals surface area contributed by atoms with E-state index in [1.807, 2.05) is 30.3 Å². The van der Waals surface area contributed by atoms with E-state index >= 15 is 0 Å². The van der Waals surface area contributed by atoms with Gasteiger partial charge in [0, 0.05) is 5.69 Å². The molecule has 0 saturated heterocycles. The minimum atomic E-state index is -0.380. The Hall–Kier alpha value is -2.69. The molecule has 4 nitrogen and oxygen atoms in total. The van der Waals surface area contributed by atoms with Gasteiger partial charge in [-0.3, -0.25) is 0 Å². The molecule has 0 radical (unpaired) electrons. The third-order valence-electron chi connectivity index (χ3n) is 2.57. The Kier molecular flexibility index (Phi) is 2.94. The molecule has 1 N–H and O–H groups in total. The van der Waals surface area contributed by atoms with Gasteiger partial charge >= 0.3 is 6.01 Å². The van der Waals surface area contributed by atoms with E-state index in [0.29, 0.717) is 5.56 Å². The first-order valence-electron chi connectivity index (χ1n) is 5.73. The molecule has 2 aromatic carbocycles.